The van der Waals surface area contributed by atoms with Gasteiger partial charge in [0.1, 0.15) is 5.75 Å². The van der Waals surface area contributed by atoms with E-state index in [0.717, 1.165) is 18.0 Å². The first-order valence-electron chi connectivity index (χ1n) is 5.31. The Labute approximate surface area is 91.6 Å². The van der Waals surface area contributed by atoms with Crippen molar-refractivity contribution in [2.45, 2.75) is 19.8 Å². The van der Waals surface area contributed by atoms with Crippen LogP contribution in [-0.4, -0.2) is 20.2 Å². The van der Waals surface area contributed by atoms with Gasteiger partial charge >= 0.3 is 0 Å². The Bertz CT molecular complexity index is 310. The van der Waals surface area contributed by atoms with Crippen molar-refractivity contribution >= 4 is 5.69 Å². The molecule has 0 fully saturated rings. The third kappa shape index (κ3) is 3.13. The van der Waals surface area contributed by atoms with E-state index in [0.29, 0.717) is 12.5 Å². The molecular formula is C12H20N2O. The summed E-state index contributed by atoms with van der Waals surface area (Å²) < 4.78 is 5.31. The summed E-state index contributed by atoms with van der Waals surface area (Å²) in [7, 11) is 1.70. The molecule has 1 aromatic carbocycles. The summed E-state index contributed by atoms with van der Waals surface area (Å²) in [6.45, 7) is 5.75. The van der Waals surface area contributed by atoms with Gasteiger partial charge in [-0.3, -0.25) is 0 Å². The molecule has 0 saturated carbocycles. The molecule has 0 aliphatic carbocycles. The SMILES string of the molecule is COc1ccc(NCCN)cc1C(C)C. The highest BCUT2D eigenvalue weighted by Gasteiger charge is 2.07. The van der Waals surface area contributed by atoms with Gasteiger partial charge in [-0.25, -0.2) is 0 Å². The van der Waals surface area contributed by atoms with Gasteiger partial charge in [-0.1, -0.05) is 13.8 Å². The lowest BCUT2D eigenvalue weighted by Gasteiger charge is -2.14. The normalized spacial score (nSPS) is 10.5. The second-order valence-electron chi connectivity index (χ2n) is 3.83. The average molecular weight is 208 g/mol. The highest BCUT2D eigenvalue weighted by atomic mass is 16.5. The van der Waals surface area contributed by atoms with Gasteiger partial charge < -0.3 is 15.8 Å². The number of ether oxygens (including phenoxy) is 1. The monoisotopic (exact) mass is 208 g/mol. The van der Waals surface area contributed by atoms with Crippen LogP contribution in [-0.2, 0) is 0 Å². The zero-order valence-electron chi connectivity index (χ0n) is 9.71. The van der Waals surface area contributed by atoms with E-state index >= 15 is 0 Å². The van der Waals surface area contributed by atoms with Crippen molar-refractivity contribution in [1.82, 2.24) is 0 Å². The molecule has 0 spiro atoms. The van der Waals surface area contributed by atoms with E-state index in [4.69, 9.17) is 10.5 Å². The second-order valence-corrected chi connectivity index (χ2v) is 3.83. The summed E-state index contributed by atoms with van der Waals surface area (Å²) in [6, 6.07) is 6.13. The standard InChI is InChI=1S/C12H20N2O/c1-9(2)11-8-10(14-7-6-13)4-5-12(11)15-3/h4-5,8-9,14H,6-7,13H2,1-3H3. The molecule has 0 atom stereocenters. The van der Waals surface area contributed by atoms with E-state index < -0.39 is 0 Å². The lowest BCUT2D eigenvalue weighted by atomic mass is 10.0. The van der Waals surface area contributed by atoms with Crippen molar-refractivity contribution in [2.75, 3.05) is 25.5 Å². The van der Waals surface area contributed by atoms with Gasteiger partial charge in [0.25, 0.3) is 0 Å². The second kappa shape index (κ2) is 5.61. The first-order chi connectivity index (χ1) is 7.19. The van der Waals surface area contributed by atoms with Crippen LogP contribution >= 0.6 is 0 Å². The van der Waals surface area contributed by atoms with Crippen LogP contribution in [0.25, 0.3) is 0 Å². The molecule has 3 heteroatoms. The highest BCUT2D eigenvalue weighted by molar-refractivity contribution is 5.52. The molecule has 0 unspecified atom stereocenters. The number of rotatable bonds is 5. The number of anilines is 1. The van der Waals surface area contributed by atoms with Crippen LogP contribution in [0.2, 0.25) is 0 Å². The van der Waals surface area contributed by atoms with Crippen LogP contribution in [0.1, 0.15) is 25.3 Å². The predicted octanol–water partition coefficient (Wildman–Crippen LogP) is 2.19. The minimum Gasteiger partial charge on any atom is -0.496 e. The molecule has 0 aliphatic rings. The molecule has 0 amide bonds. The fourth-order valence-corrected chi connectivity index (χ4v) is 1.51. The van der Waals surface area contributed by atoms with Crippen LogP contribution in [0.15, 0.2) is 18.2 Å². The molecule has 0 aliphatic heterocycles. The van der Waals surface area contributed by atoms with Gasteiger partial charge in [0.05, 0.1) is 7.11 Å². The van der Waals surface area contributed by atoms with Crippen molar-refractivity contribution in [3.05, 3.63) is 23.8 Å². The number of benzene rings is 1. The zero-order valence-corrected chi connectivity index (χ0v) is 9.71. The van der Waals surface area contributed by atoms with Crippen LogP contribution in [0, 0.1) is 0 Å². The fraction of sp³-hybridized carbons (Fsp3) is 0.500. The molecule has 0 saturated heterocycles. The third-order valence-corrected chi connectivity index (χ3v) is 2.33. The van der Waals surface area contributed by atoms with Gasteiger partial charge in [0.15, 0.2) is 0 Å². The molecule has 0 radical (unpaired) electrons. The fourth-order valence-electron chi connectivity index (χ4n) is 1.51. The molecule has 0 heterocycles. The molecule has 1 aromatic rings. The number of hydrogen-bond acceptors (Lipinski definition) is 3. The summed E-state index contributed by atoms with van der Waals surface area (Å²) in [5.41, 5.74) is 7.77. The lowest BCUT2D eigenvalue weighted by Crippen LogP contribution is -2.13. The number of hydrogen-bond donors (Lipinski definition) is 2. The molecule has 0 bridgehead atoms. The van der Waals surface area contributed by atoms with E-state index in [9.17, 15) is 0 Å². The summed E-state index contributed by atoms with van der Waals surface area (Å²) in [6.07, 6.45) is 0. The first-order valence-corrected chi connectivity index (χ1v) is 5.31. The summed E-state index contributed by atoms with van der Waals surface area (Å²) in [5, 5.41) is 3.26. The smallest absolute Gasteiger partial charge is 0.122 e. The van der Waals surface area contributed by atoms with Crippen LogP contribution < -0.4 is 15.8 Å². The Balaban J connectivity index is 2.89. The first kappa shape index (κ1) is 11.9. The molecular weight excluding hydrogens is 188 g/mol. The molecule has 84 valence electrons. The largest absolute Gasteiger partial charge is 0.496 e. The maximum Gasteiger partial charge on any atom is 0.122 e. The quantitative estimate of drug-likeness (QED) is 0.779. The van der Waals surface area contributed by atoms with Gasteiger partial charge in [-0.2, -0.15) is 0 Å². The minimum absolute atomic E-state index is 0.458. The van der Waals surface area contributed by atoms with Crippen LogP contribution in [0.3, 0.4) is 0 Å². The van der Waals surface area contributed by atoms with E-state index in [2.05, 4.69) is 25.2 Å². The van der Waals surface area contributed by atoms with Gasteiger partial charge in [0, 0.05) is 18.8 Å². The molecule has 1 rings (SSSR count). The van der Waals surface area contributed by atoms with E-state index in [1.807, 2.05) is 12.1 Å². The molecule has 0 aromatic heterocycles. The summed E-state index contributed by atoms with van der Waals surface area (Å²) in [4.78, 5) is 0. The summed E-state index contributed by atoms with van der Waals surface area (Å²) >= 11 is 0. The van der Waals surface area contributed by atoms with E-state index in [-0.39, 0.29) is 0 Å². The van der Waals surface area contributed by atoms with Crippen molar-refractivity contribution in [3.63, 3.8) is 0 Å². The average Bonchev–Trinajstić information content (AvgIpc) is 2.25. The maximum atomic E-state index is 5.44. The van der Waals surface area contributed by atoms with Crippen molar-refractivity contribution in [3.8, 4) is 5.75 Å². The highest BCUT2D eigenvalue weighted by Crippen LogP contribution is 2.28. The zero-order chi connectivity index (χ0) is 11.3. The third-order valence-electron chi connectivity index (χ3n) is 2.33. The molecule has 15 heavy (non-hydrogen) atoms. The maximum absolute atomic E-state index is 5.44. The predicted molar refractivity (Wildman–Crippen MR) is 64.6 cm³/mol. The van der Waals surface area contributed by atoms with Crippen LogP contribution in [0.4, 0.5) is 5.69 Å². The van der Waals surface area contributed by atoms with Crippen molar-refractivity contribution in [2.24, 2.45) is 5.73 Å². The van der Waals surface area contributed by atoms with Gasteiger partial charge in [-0.15, -0.1) is 0 Å². The van der Waals surface area contributed by atoms with E-state index in [1.165, 1.54) is 5.56 Å². The van der Waals surface area contributed by atoms with E-state index in [1.54, 1.807) is 7.11 Å². The lowest BCUT2D eigenvalue weighted by molar-refractivity contribution is 0.407. The van der Waals surface area contributed by atoms with Crippen LogP contribution in [0.5, 0.6) is 5.75 Å². The van der Waals surface area contributed by atoms with Gasteiger partial charge in [-0.05, 0) is 29.7 Å². The Morgan fingerprint density at radius 2 is 2.13 bits per heavy atom. The summed E-state index contributed by atoms with van der Waals surface area (Å²) in [5.74, 6) is 1.41. The Morgan fingerprint density at radius 1 is 1.40 bits per heavy atom. The van der Waals surface area contributed by atoms with Gasteiger partial charge in [0.2, 0.25) is 0 Å². The topological polar surface area (TPSA) is 47.3 Å². The Hall–Kier alpha value is -1.22. The minimum atomic E-state index is 0.458. The molecule has 3 nitrogen and oxygen atoms in total. The molecule has 3 N–H and O–H groups in total. The number of nitrogens with two attached hydrogens (primary N) is 1. The number of nitrogens with one attached hydrogen (secondary N) is 1. The van der Waals surface area contributed by atoms with Crippen molar-refractivity contribution < 1.29 is 4.74 Å². The number of methoxy groups -OCH3 is 1. The van der Waals surface area contributed by atoms with Crippen molar-refractivity contribution in [1.29, 1.82) is 0 Å². The Morgan fingerprint density at radius 3 is 2.67 bits per heavy atom. The Kier molecular flexibility index (Phi) is 4.43.